The normalized spacial score (nSPS) is 12.2. The van der Waals surface area contributed by atoms with Crippen molar-refractivity contribution in [3.8, 4) is 11.5 Å². The number of hydrogen-bond acceptors (Lipinski definition) is 6. The zero-order chi connectivity index (χ0) is 28.0. The summed E-state index contributed by atoms with van der Waals surface area (Å²) >= 11 is 0. The van der Waals surface area contributed by atoms with Crippen LogP contribution in [0.1, 0.15) is 116 Å². The van der Waals surface area contributed by atoms with Gasteiger partial charge in [0.2, 0.25) is 0 Å². The highest BCUT2D eigenvalue weighted by Gasteiger charge is 2.20. The van der Waals surface area contributed by atoms with Gasteiger partial charge in [-0.1, -0.05) is 103 Å². The first-order chi connectivity index (χ1) is 18.2. The molecule has 0 atom stereocenters. The van der Waals surface area contributed by atoms with Gasteiger partial charge in [-0.05, 0) is 62.3 Å². The van der Waals surface area contributed by atoms with Crippen LogP contribution >= 0.6 is 0 Å². The molecule has 0 bridgehead atoms. The smallest absolute Gasteiger partial charge is 0.329 e. The zero-order valence-electron chi connectivity index (χ0n) is 24.5. The van der Waals surface area contributed by atoms with Crippen LogP contribution in [0.15, 0.2) is 24.3 Å². The molecule has 0 heterocycles. The van der Waals surface area contributed by atoms with Crippen molar-refractivity contribution in [2.24, 2.45) is 0 Å². The van der Waals surface area contributed by atoms with Gasteiger partial charge in [-0.3, -0.25) is 0 Å². The molecular formula is C30H58O6Si2. The molecule has 1 aromatic rings. The van der Waals surface area contributed by atoms with Gasteiger partial charge in [-0.15, -0.1) is 0 Å². The molecule has 6 nitrogen and oxygen atoms in total. The Balaban J connectivity index is 1.87. The molecule has 0 radical (unpaired) electrons. The summed E-state index contributed by atoms with van der Waals surface area (Å²) in [5.41, 5.74) is 0. The summed E-state index contributed by atoms with van der Waals surface area (Å²) in [4.78, 5) is 37.7. The fraction of sp³-hybridized carbons (Fsp3) is 0.800. The van der Waals surface area contributed by atoms with E-state index < -0.39 is 17.1 Å². The molecule has 0 fully saturated rings. The average Bonchev–Trinajstić information content (AvgIpc) is 2.85. The maximum Gasteiger partial charge on any atom is 0.329 e. The van der Waals surface area contributed by atoms with Crippen LogP contribution in [-0.4, -0.2) is 49.5 Å². The van der Waals surface area contributed by atoms with Crippen molar-refractivity contribution in [2.75, 3.05) is 13.2 Å². The first-order valence-electron chi connectivity index (χ1n) is 15.4. The minimum Gasteiger partial charge on any atom is -0.494 e. The molecule has 0 saturated heterocycles. The molecule has 4 N–H and O–H groups in total. The van der Waals surface area contributed by atoms with E-state index in [1.807, 2.05) is 24.3 Å². The quantitative estimate of drug-likeness (QED) is 0.0677. The van der Waals surface area contributed by atoms with Crippen LogP contribution in [0.4, 0.5) is 0 Å². The standard InChI is InChI=1S/C30H58O6Si2/c1-37(31,32)27-19-15-11-7-3-5-9-13-17-25-35-29-21-23-30(24-22-29)36-26-18-14-10-6-4-8-12-16-20-28-38(2,33)34/h21-24,31-34H,3-20,25-28H2,1-2H3. The third-order valence-electron chi connectivity index (χ3n) is 6.95. The van der Waals surface area contributed by atoms with E-state index in [1.54, 1.807) is 13.1 Å². The molecule has 0 aromatic heterocycles. The van der Waals surface area contributed by atoms with Crippen molar-refractivity contribution in [3.05, 3.63) is 24.3 Å². The molecule has 0 aliphatic rings. The lowest BCUT2D eigenvalue weighted by molar-refractivity contribution is 0.296. The number of rotatable bonds is 26. The highest BCUT2D eigenvalue weighted by Crippen LogP contribution is 2.19. The van der Waals surface area contributed by atoms with Gasteiger partial charge in [0, 0.05) is 0 Å². The van der Waals surface area contributed by atoms with Gasteiger partial charge < -0.3 is 28.7 Å². The summed E-state index contributed by atoms with van der Waals surface area (Å²) in [7, 11) is -5.65. The van der Waals surface area contributed by atoms with Crippen LogP contribution < -0.4 is 9.47 Å². The first-order valence-corrected chi connectivity index (χ1v) is 20.6. The summed E-state index contributed by atoms with van der Waals surface area (Å²) in [6.07, 6.45) is 21.2. The van der Waals surface area contributed by atoms with Crippen molar-refractivity contribution < 1.29 is 28.7 Å². The fourth-order valence-electron chi connectivity index (χ4n) is 4.61. The van der Waals surface area contributed by atoms with Crippen LogP contribution in [-0.2, 0) is 0 Å². The van der Waals surface area contributed by atoms with Crippen LogP contribution in [0, 0.1) is 0 Å². The SMILES string of the molecule is C[Si](O)(O)CCCCCCCCCCCOc1ccc(OCCCCCCCCCCC[Si](C)(O)O)cc1. The maximum absolute atomic E-state index is 9.42. The first kappa shape index (κ1) is 35.1. The van der Waals surface area contributed by atoms with E-state index in [4.69, 9.17) is 9.47 Å². The molecule has 222 valence electrons. The Kier molecular flexibility index (Phi) is 20.2. The van der Waals surface area contributed by atoms with Crippen molar-refractivity contribution >= 4 is 17.1 Å². The largest absolute Gasteiger partial charge is 0.494 e. The molecule has 0 aliphatic heterocycles. The Labute approximate surface area is 235 Å². The maximum atomic E-state index is 9.42. The third-order valence-corrected chi connectivity index (χ3v) is 9.55. The lowest BCUT2D eigenvalue weighted by Crippen LogP contribution is -2.29. The predicted molar refractivity (Wildman–Crippen MR) is 162 cm³/mol. The minimum atomic E-state index is -2.82. The van der Waals surface area contributed by atoms with Crippen LogP contribution in [0.2, 0.25) is 25.2 Å². The number of unbranched alkanes of at least 4 members (excludes halogenated alkanes) is 16. The molecule has 0 spiro atoms. The fourth-order valence-corrected chi connectivity index (χ4v) is 6.45. The van der Waals surface area contributed by atoms with E-state index in [-0.39, 0.29) is 0 Å². The summed E-state index contributed by atoms with van der Waals surface area (Å²) in [5.74, 6) is 1.82. The topological polar surface area (TPSA) is 99.4 Å². The number of ether oxygens (including phenoxy) is 2. The van der Waals surface area contributed by atoms with E-state index in [2.05, 4.69) is 0 Å². The summed E-state index contributed by atoms with van der Waals surface area (Å²) in [5, 5.41) is 0. The second-order valence-electron chi connectivity index (χ2n) is 11.5. The summed E-state index contributed by atoms with van der Waals surface area (Å²) in [6, 6.07) is 9.20. The Hall–Kier alpha value is -0.906. The lowest BCUT2D eigenvalue weighted by atomic mass is 10.1. The van der Waals surface area contributed by atoms with Gasteiger partial charge in [0.15, 0.2) is 0 Å². The van der Waals surface area contributed by atoms with Crippen LogP contribution in [0.3, 0.4) is 0 Å². The molecule has 1 rings (SSSR count). The minimum absolute atomic E-state index is 0.604. The molecule has 0 aliphatic carbocycles. The Morgan fingerprint density at radius 3 is 0.921 bits per heavy atom. The zero-order valence-corrected chi connectivity index (χ0v) is 26.5. The van der Waals surface area contributed by atoms with Crippen LogP contribution in [0.25, 0.3) is 0 Å². The monoisotopic (exact) mass is 570 g/mol. The van der Waals surface area contributed by atoms with E-state index in [0.29, 0.717) is 12.1 Å². The van der Waals surface area contributed by atoms with E-state index in [9.17, 15) is 19.2 Å². The molecule has 1 aromatic carbocycles. The van der Waals surface area contributed by atoms with Crippen molar-refractivity contribution in [3.63, 3.8) is 0 Å². The Bertz CT molecular complexity index is 601. The third kappa shape index (κ3) is 24.2. The average molecular weight is 571 g/mol. The summed E-state index contributed by atoms with van der Waals surface area (Å²) < 4.78 is 11.7. The molecular weight excluding hydrogens is 512 g/mol. The van der Waals surface area contributed by atoms with Gasteiger partial charge in [0.05, 0.1) is 13.2 Å². The van der Waals surface area contributed by atoms with Gasteiger partial charge in [-0.2, -0.15) is 0 Å². The lowest BCUT2D eigenvalue weighted by Gasteiger charge is -2.10. The van der Waals surface area contributed by atoms with Gasteiger partial charge in [0.1, 0.15) is 11.5 Å². The number of benzene rings is 1. The molecule has 0 saturated carbocycles. The van der Waals surface area contributed by atoms with Crippen molar-refractivity contribution in [1.82, 2.24) is 0 Å². The Morgan fingerprint density at radius 2 is 0.658 bits per heavy atom. The molecule has 0 amide bonds. The highest BCUT2D eigenvalue weighted by molar-refractivity contribution is 6.63. The highest BCUT2D eigenvalue weighted by atomic mass is 28.4. The van der Waals surface area contributed by atoms with Crippen molar-refractivity contribution in [1.29, 1.82) is 0 Å². The van der Waals surface area contributed by atoms with Gasteiger partial charge >= 0.3 is 17.1 Å². The van der Waals surface area contributed by atoms with E-state index in [0.717, 1.165) is 63.2 Å². The number of hydrogen-bond donors (Lipinski definition) is 4. The van der Waals surface area contributed by atoms with E-state index >= 15 is 0 Å². The predicted octanol–water partition coefficient (Wildman–Crippen LogP) is 7.58. The van der Waals surface area contributed by atoms with Gasteiger partial charge in [-0.25, -0.2) is 0 Å². The second-order valence-corrected chi connectivity index (χ2v) is 17.3. The van der Waals surface area contributed by atoms with Crippen LogP contribution in [0.5, 0.6) is 11.5 Å². The van der Waals surface area contributed by atoms with E-state index in [1.165, 1.54) is 77.0 Å². The molecule has 38 heavy (non-hydrogen) atoms. The molecule has 8 heteroatoms. The van der Waals surface area contributed by atoms with Gasteiger partial charge in [0.25, 0.3) is 0 Å². The summed E-state index contributed by atoms with van der Waals surface area (Å²) in [6.45, 7) is 4.71. The van der Waals surface area contributed by atoms with Crippen molar-refractivity contribution in [2.45, 2.75) is 141 Å². The second kappa shape index (κ2) is 21.9. The molecule has 0 unspecified atom stereocenters. The Morgan fingerprint density at radius 1 is 0.421 bits per heavy atom.